The third-order valence-corrected chi connectivity index (χ3v) is 6.36. The molecule has 2 fully saturated rings. The van der Waals surface area contributed by atoms with Crippen LogP contribution < -0.4 is 0 Å². The van der Waals surface area contributed by atoms with Gasteiger partial charge in [-0.05, 0) is 30.5 Å². The molecule has 5 rings (SSSR count). The van der Waals surface area contributed by atoms with E-state index in [2.05, 4.69) is 36.4 Å². The van der Waals surface area contributed by atoms with Gasteiger partial charge in [0.2, 0.25) is 0 Å². The molecule has 5 heteroatoms. The molecule has 3 aromatic rings. The second-order valence-corrected chi connectivity index (χ2v) is 8.93. The van der Waals surface area contributed by atoms with E-state index in [-0.39, 0.29) is 18.3 Å². The third kappa shape index (κ3) is 4.12. The smallest absolute Gasteiger partial charge is 0.190 e. The van der Waals surface area contributed by atoms with Gasteiger partial charge in [0.1, 0.15) is 23.9 Å². The zero-order valence-corrected chi connectivity index (χ0v) is 19.2. The van der Waals surface area contributed by atoms with Crippen LogP contribution in [0, 0.1) is 0 Å². The van der Waals surface area contributed by atoms with E-state index in [1.54, 1.807) is 7.11 Å². The van der Waals surface area contributed by atoms with E-state index in [4.69, 9.17) is 23.7 Å². The molecule has 33 heavy (non-hydrogen) atoms. The van der Waals surface area contributed by atoms with E-state index in [9.17, 15) is 0 Å². The summed E-state index contributed by atoms with van der Waals surface area (Å²) in [6.07, 6.45) is -1.40. The fourth-order valence-electron chi connectivity index (χ4n) is 4.94. The van der Waals surface area contributed by atoms with Crippen LogP contribution in [0.5, 0.6) is 0 Å². The van der Waals surface area contributed by atoms with Crippen molar-refractivity contribution < 1.29 is 23.7 Å². The molecule has 0 aliphatic carbocycles. The van der Waals surface area contributed by atoms with E-state index in [0.717, 1.165) is 16.7 Å². The van der Waals surface area contributed by atoms with Crippen molar-refractivity contribution in [3.63, 3.8) is 0 Å². The van der Waals surface area contributed by atoms with Crippen molar-refractivity contribution >= 4 is 0 Å². The van der Waals surface area contributed by atoms with E-state index in [1.807, 2.05) is 68.4 Å². The van der Waals surface area contributed by atoms with Crippen molar-refractivity contribution in [1.82, 2.24) is 0 Å². The standard InChI is InChI=1S/C28H30O5/c1-27(2)32-25-24(29-3)23(31-26(25)33-27)19-30-28(20-13-7-4-8-14-20,21-15-9-5-10-16-21)22-17-11-6-12-18-22/h4-18,23-26H,19H2,1-3H3/t23-,24+,25-,26?/m1/s1. The Kier molecular flexibility index (Phi) is 6.08. The number of benzene rings is 3. The maximum Gasteiger partial charge on any atom is 0.190 e. The van der Waals surface area contributed by atoms with Gasteiger partial charge in [-0.1, -0.05) is 91.0 Å². The highest BCUT2D eigenvalue weighted by Gasteiger charge is 2.55. The van der Waals surface area contributed by atoms with Crippen LogP contribution in [0.25, 0.3) is 0 Å². The molecular formula is C28H30O5. The monoisotopic (exact) mass is 446 g/mol. The fourth-order valence-corrected chi connectivity index (χ4v) is 4.94. The van der Waals surface area contributed by atoms with Crippen LogP contribution >= 0.6 is 0 Å². The number of hydrogen-bond donors (Lipinski definition) is 0. The number of ether oxygens (including phenoxy) is 5. The molecule has 2 aliphatic rings. The quantitative estimate of drug-likeness (QED) is 0.484. The zero-order chi connectivity index (χ0) is 22.9. The molecule has 0 N–H and O–H groups in total. The van der Waals surface area contributed by atoms with Gasteiger partial charge in [-0.25, -0.2) is 0 Å². The summed E-state index contributed by atoms with van der Waals surface area (Å²) in [5.41, 5.74) is 2.32. The summed E-state index contributed by atoms with van der Waals surface area (Å²) in [7, 11) is 1.68. The lowest BCUT2D eigenvalue weighted by molar-refractivity contribution is -0.225. The predicted octanol–water partition coefficient (Wildman–Crippen LogP) is 4.89. The molecule has 172 valence electrons. The van der Waals surface area contributed by atoms with Crippen molar-refractivity contribution in [3.8, 4) is 0 Å². The van der Waals surface area contributed by atoms with Crippen molar-refractivity contribution in [1.29, 1.82) is 0 Å². The molecule has 2 aliphatic heterocycles. The number of hydrogen-bond acceptors (Lipinski definition) is 5. The Bertz CT molecular complexity index is 941. The van der Waals surface area contributed by atoms with Crippen LogP contribution in [0.4, 0.5) is 0 Å². The zero-order valence-electron chi connectivity index (χ0n) is 19.2. The van der Waals surface area contributed by atoms with E-state index < -0.39 is 17.7 Å². The van der Waals surface area contributed by atoms with Crippen molar-refractivity contribution in [2.45, 2.75) is 49.8 Å². The number of rotatable bonds is 7. The van der Waals surface area contributed by atoms with Gasteiger partial charge in [0.25, 0.3) is 0 Å². The molecule has 3 aromatic carbocycles. The Morgan fingerprint density at radius 1 is 0.758 bits per heavy atom. The molecule has 4 atom stereocenters. The summed E-state index contributed by atoms with van der Waals surface area (Å²) in [6, 6.07) is 30.9. The van der Waals surface area contributed by atoms with Gasteiger partial charge in [0.15, 0.2) is 12.1 Å². The van der Waals surface area contributed by atoms with Crippen molar-refractivity contribution in [2.75, 3.05) is 13.7 Å². The Labute approximate surface area is 195 Å². The lowest BCUT2D eigenvalue weighted by atomic mass is 9.80. The molecule has 0 saturated carbocycles. The minimum absolute atomic E-state index is 0.293. The largest absolute Gasteiger partial charge is 0.376 e. The van der Waals surface area contributed by atoms with Crippen molar-refractivity contribution in [2.24, 2.45) is 0 Å². The lowest BCUT2D eigenvalue weighted by Crippen LogP contribution is -2.41. The third-order valence-electron chi connectivity index (χ3n) is 6.36. The number of fused-ring (bicyclic) bond motifs is 1. The van der Waals surface area contributed by atoms with Crippen LogP contribution in [0.1, 0.15) is 30.5 Å². The minimum atomic E-state index is -0.815. The molecule has 0 aromatic heterocycles. The van der Waals surface area contributed by atoms with Crippen LogP contribution in [0.15, 0.2) is 91.0 Å². The Morgan fingerprint density at radius 3 is 1.70 bits per heavy atom. The molecule has 0 radical (unpaired) electrons. The Balaban J connectivity index is 1.52. The molecule has 2 saturated heterocycles. The molecule has 1 unspecified atom stereocenters. The average molecular weight is 447 g/mol. The summed E-state index contributed by atoms with van der Waals surface area (Å²) in [4.78, 5) is 0. The van der Waals surface area contributed by atoms with Crippen molar-refractivity contribution in [3.05, 3.63) is 108 Å². The van der Waals surface area contributed by atoms with Gasteiger partial charge in [0, 0.05) is 7.11 Å². The molecule has 0 amide bonds. The highest BCUT2D eigenvalue weighted by molar-refractivity contribution is 5.47. The molecule has 0 bridgehead atoms. The topological polar surface area (TPSA) is 46.2 Å². The first kappa shape index (κ1) is 22.3. The summed E-state index contributed by atoms with van der Waals surface area (Å²) in [5, 5.41) is 0. The van der Waals surface area contributed by atoms with Crippen LogP contribution in [0.3, 0.4) is 0 Å². The number of methoxy groups -OCH3 is 1. The molecule has 0 spiro atoms. The molecular weight excluding hydrogens is 416 g/mol. The lowest BCUT2D eigenvalue weighted by Gasteiger charge is -2.37. The van der Waals surface area contributed by atoms with Crippen LogP contribution in [-0.4, -0.2) is 44.1 Å². The second-order valence-electron chi connectivity index (χ2n) is 8.93. The Hall–Kier alpha value is -2.54. The average Bonchev–Trinajstić information content (AvgIpc) is 3.32. The first-order valence-corrected chi connectivity index (χ1v) is 11.4. The summed E-state index contributed by atoms with van der Waals surface area (Å²) < 4.78 is 30.9. The van der Waals surface area contributed by atoms with E-state index in [1.165, 1.54) is 0 Å². The van der Waals surface area contributed by atoms with Gasteiger partial charge < -0.3 is 23.7 Å². The molecule has 2 heterocycles. The normalized spacial score (nSPS) is 26.3. The SMILES string of the molecule is CO[C@H]1[C@@H](COC(c2ccccc2)(c2ccccc2)c2ccccc2)OC2OC(C)(C)O[C@@H]21. The summed E-state index contributed by atoms with van der Waals surface area (Å²) in [5.74, 6) is -0.695. The van der Waals surface area contributed by atoms with Crippen LogP contribution in [-0.2, 0) is 29.3 Å². The highest BCUT2D eigenvalue weighted by atomic mass is 16.8. The van der Waals surface area contributed by atoms with Crippen LogP contribution in [0.2, 0.25) is 0 Å². The first-order valence-electron chi connectivity index (χ1n) is 11.4. The van der Waals surface area contributed by atoms with E-state index >= 15 is 0 Å². The van der Waals surface area contributed by atoms with Gasteiger partial charge in [0.05, 0.1) is 6.61 Å². The highest BCUT2D eigenvalue weighted by Crippen LogP contribution is 2.43. The van der Waals surface area contributed by atoms with Gasteiger partial charge in [-0.2, -0.15) is 0 Å². The fraction of sp³-hybridized carbons (Fsp3) is 0.357. The Morgan fingerprint density at radius 2 is 1.24 bits per heavy atom. The van der Waals surface area contributed by atoms with Gasteiger partial charge in [-0.15, -0.1) is 0 Å². The van der Waals surface area contributed by atoms with Gasteiger partial charge >= 0.3 is 0 Å². The van der Waals surface area contributed by atoms with Gasteiger partial charge in [-0.3, -0.25) is 0 Å². The second kappa shape index (κ2) is 9.01. The minimum Gasteiger partial charge on any atom is -0.376 e. The maximum atomic E-state index is 6.91. The maximum absolute atomic E-state index is 6.91. The summed E-state index contributed by atoms with van der Waals surface area (Å²) >= 11 is 0. The predicted molar refractivity (Wildman–Crippen MR) is 125 cm³/mol. The molecule has 5 nitrogen and oxygen atoms in total. The first-order chi connectivity index (χ1) is 16.0. The van der Waals surface area contributed by atoms with E-state index in [0.29, 0.717) is 6.61 Å². The summed E-state index contributed by atoms with van der Waals surface area (Å²) in [6.45, 7) is 4.08.